The topological polar surface area (TPSA) is 342 Å². The number of hydrogen-bond donors (Lipinski definition) is 2. The van der Waals surface area contributed by atoms with Gasteiger partial charge in [-0.2, -0.15) is 12.6 Å². The van der Waals surface area contributed by atoms with E-state index in [-0.39, 0.29) is 138 Å². The fraction of sp³-hybridized carbons (Fsp3) is 0.905. The van der Waals surface area contributed by atoms with Crippen LogP contribution in [0.5, 0.6) is 0 Å². The van der Waals surface area contributed by atoms with E-state index in [1.165, 1.54) is 13.8 Å². The van der Waals surface area contributed by atoms with Crippen molar-refractivity contribution < 1.29 is 108 Å². The van der Waals surface area contributed by atoms with Crippen LogP contribution in [0.4, 0.5) is 0 Å². The molecular formula is C74H132B6N13O23P3S3. The van der Waals surface area contributed by atoms with E-state index in [1.54, 1.807) is 26.3 Å². The molecule has 0 spiro atoms. The number of carbonyl (C=O) groups excluding carboxylic acids is 7. The molecule has 0 aromatic heterocycles. The molecule has 15 atom stereocenters. The first-order valence-electron chi connectivity index (χ1n) is 41.9. The second-order valence-electron chi connectivity index (χ2n) is 35.6. The molecule has 48 heteroatoms. The minimum absolute atomic E-state index is 0.0371. The summed E-state index contributed by atoms with van der Waals surface area (Å²) in [5.74, 6) is -1.93. The molecule has 122 heavy (non-hydrogen) atoms. The van der Waals surface area contributed by atoms with E-state index in [2.05, 4.69) is 79.0 Å². The van der Waals surface area contributed by atoms with Crippen LogP contribution in [0, 0.1) is 0 Å². The number of nitrogens with one attached hydrogen (secondary N) is 1. The van der Waals surface area contributed by atoms with Gasteiger partial charge in [0, 0.05) is 238 Å². The first-order chi connectivity index (χ1) is 57.0. The van der Waals surface area contributed by atoms with Gasteiger partial charge >= 0.3 is 29.0 Å². The number of ether oxygens (including phenoxy) is 9. The smallest absolute Gasteiger partial charge is 0.346 e. The number of hydrogen-bond acceptors (Lipinski definition) is 30. The number of imide groups is 1. The quantitative estimate of drug-likeness (QED) is 0.0506. The van der Waals surface area contributed by atoms with Gasteiger partial charge in [0.05, 0.1) is 99.0 Å². The minimum Gasteiger partial charge on any atom is -0.382 e. The maximum atomic E-state index is 14.9. The third-order valence-electron chi connectivity index (χ3n) is 20.8. The van der Waals surface area contributed by atoms with Crippen LogP contribution in [0.3, 0.4) is 0 Å². The molecule has 0 saturated carbocycles. The van der Waals surface area contributed by atoms with Crippen molar-refractivity contribution in [1.29, 1.82) is 0 Å². The third kappa shape index (κ3) is 34.7. The predicted octanol–water partition coefficient (Wildman–Crippen LogP) is 1.29. The van der Waals surface area contributed by atoms with Crippen LogP contribution < -0.4 is 5.32 Å². The Morgan fingerprint density at radius 2 is 0.762 bits per heavy atom. The number of thiol groups is 1. The largest absolute Gasteiger partial charge is 0.382 e. The van der Waals surface area contributed by atoms with Crippen molar-refractivity contribution in [2.75, 3.05) is 228 Å². The number of carbonyl (C=O) groups is 7. The second kappa shape index (κ2) is 49.0. The lowest BCUT2D eigenvalue weighted by molar-refractivity contribution is -0.195. The average Bonchev–Trinajstić information content (AvgIpc) is 0.957. The lowest BCUT2D eigenvalue weighted by atomic mass is 9.94. The maximum Gasteiger partial charge on any atom is 0.346 e. The first-order valence-corrected chi connectivity index (χ1v) is 49.1. The van der Waals surface area contributed by atoms with E-state index in [0.29, 0.717) is 156 Å². The van der Waals surface area contributed by atoms with Crippen LogP contribution in [0.1, 0.15) is 110 Å². The Morgan fingerprint density at radius 1 is 0.434 bits per heavy atom. The SMILES string of the molecule is CC(=O)SCC(=O)ON1C(=O)CCC1=O.[B]C1CN(C(C)(C)C)CC(COP(=O)(N2CCN(C(=O)CSC(C)=O)CC2)N2CC([B])OC(COC(C)(C)C)C2)O1.[B]C1CN(C(C)(C)C)CC(COP(=O)(N2CCNCC2)N2CC([B])OC(COC(C)(C)C)C2)O1.[B]C1CN(C)CC(COP(=O)(N2CCN(C(=O)CS)CC2)N2CC([B])OC(COC)C2)O1. The third-order valence-corrected chi connectivity index (χ3v) is 30.6. The molecule has 10 saturated heterocycles. The Morgan fingerprint density at radius 3 is 1.11 bits per heavy atom. The number of amides is 4. The van der Waals surface area contributed by atoms with Crippen molar-refractivity contribution in [3.8, 4) is 0 Å². The van der Waals surface area contributed by atoms with Gasteiger partial charge in [-0.15, -0.1) is 5.06 Å². The van der Waals surface area contributed by atoms with E-state index < -0.39 is 82.9 Å². The molecule has 0 aromatic carbocycles. The molecule has 10 rings (SSSR count). The number of hydroxylamine groups is 2. The van der Waals surface area contributed by atoms with Crippen LogP contribution >= 0.6 is 59.2 Å². The fourth-order valence-corrected chi connectivity index (χ4v) is 23.2. The van der Waals surface area contributed by atoms with Crippen LogP contribution in [0.15, 0.2) is 0 Å². The molecule has 4 amide bonds. The predicted molar refractivity (Wildman–Crippen MR) is 473 cm³/mol. The van der Waals surface area contributed by atoms with E-state index in [0.717, 1.165) is 36.6 Å². The van der Waals surface area contributed by atoms with Crippen molar-refractivity contribution in [2.45, 2.75) is 205 Å². The summed E-state index contributed by atoms with van der Waals surface area (Å²) >= 11 is 5.83. The summed E-state index contributed by atoms with van der Waals surface area (Å²) in [4.78, 5) is 94.1. The minimum atomic E-state index is -3.63. The maximum absolute atomic E-state index is 14.9. The number of likely N-dealkylation sites (N-methyl/N-ethyl adjacent to an activating group) is 1. The number of thioether (sulfide) groups is 2. The summed E-state index contributed by atoms with van der Waals surface area (Å²) in [5, 5.41) is 3.46. The summed E-state index contributed by atoms with van der Waals surface area (Å²) in [6, 6.07) is -3.15. The monoisotopic (exact) mass is 1830 g/mol. The molecule has 10 aliphatic rings. The Kier molecular flexibility index (Phi) is 43.1. The van der Waals surface area contributed by atoms with Gasteiger partial charge in [-0.3, -0.25) is 52.3 Å². The molecule has 1 N–H and O–H groups in total. The molecule has 0 bridgehead atoms. The molecule has 0 aliphatic carbocycles. The number of morpholine rings is 6. The van der Waals surface area contributed by atoms with Crippen LogP contribution in [-0.2, 0) is 108 Å². The van der Waals surface area contributed by atoms with Gasteiger partial charge in [-0.25, -0.2) is 32.8 Å². The molecular weight excluding hydrogens is 1690 g/mol. The van der Waals surface area contributed by atoms with Crippen LogP contribution in [0.25, 0.3) is 0 Å². The number of methoxy groups -OCH3 is 1. The normalized spacial score (nSPS) is 29.7. The van der Waals surface area contributed by atoms with Gasteiger partial charge in [0.15, 0.2) is 10.2 Å². The number of nitrogens with zero attached hydrogens (tertiary/aromatic N) is 12. The van der Waals surface area contributed by atoms with Crippen LogP contribution in [0.2, 0.25) is 0 Å². The molecule has 36 nitrogen and oxygen atoms in total. The second-order valence-corrected chi connectivity index (χ2v) is 45.3. The van der Waals surface area contributed by atoms with Gasteiger partial charge in [0.25, 0.3) is 11.8 Å². The molecule has 0 aromatic rings. The molecule has 682 valence electrons. The Balaban J connectivity index is 0.000000233. The van der Waals surface area contributed by atoms with E-state index in [9.17, 15) is 47.3 Å². The van der Waals surface area contributed by atoms with Crippen molar-refractivity contribution in [3.63, 3.8) is 0 Å². The summed E-state index contributed by atoms with van der Waals surface area (Å²) in [6.45, 7) is 40.6. The number of piperazine rings is 3. The molecule has 15 unspecified atom stereocenters. The van der Waals surface area contributed by atoms with Crippen molar-refractivity contribution in [3.05, 3.63) is 0 Å². The van der Waals surface area contributed by atoms with Gasteiger partial charge in [-0.1, -0.05) is 23.5 Å². The highest BCUT2D eigenvalue weighted by Gasteiger charge is 2.50. The zero-order valence-electron chi connectivity index (χ0n) is 74.5. The highest BCUT2D eigenvalue weighted by atomic mass is 32.2. The van der Waals surface area contributed by atoms with Gasteiger partial charge in [0.2, 0.25) is 11.8 Å². The highest BCUT2D eigenvalue weighted by Crippen LogP contribution is 2.58. The van der Waals surface area contributed by atoms with Gasteiger partial charge in [-0.05, 0) is 90.1 Å². The molecule has 10 fully saturated rings. The summed E-state index contributed by atoms with van der Waals surface area (Å²) < 4.78 is 126. The van der Waals surface area contributed by atoms with Gasteiger partial charge in [0.1, 0.15) is 52.8 Å². The Hall–Kier alpha value is -1.86. The summed E-state index contributed by atoms with van der Waals surface area (Å²) in [7, 11) is 30.0. The lowest BCUT2D eigenvalue weighted by Crippen LogP contribution is -2.56. The Labute approximate surface area is 745 Å². The summed E-state index contributed by atoms with van der Waals surface area (Å²) in [6.07, 6.45) is -1.82. The zero-order valence-corrected chi connectivity index (χ0v) is 79.7. The number of rotatable bonds is 27. The van der Waals surface area contributed by atoms with E-state index in [1.807, 2.05) is 67.3 Å². The molecule has 12 radical (unpaired) electrons. The fourth-order valence-electron chi connectivity index (χ4n) is 14.7. The standard InChI is InChI=1S/C26H47B2N4O7PS.C22H43B2N4O5P.C18H33B2N4O6PS.C8H9NO5S/c1-19(33)41-18-24(34)29-8-10-31(11-9-29)40(35,32-13-21(39-23(28)15-32)16-36-26(5,6)7)37-17-20-12-30(25(2,3)4)14-22(27)38-20;1-21(2,3)26-11-17(32-19(23)13-26)16-31-34(29,27-9-7-25-8-10-27)28-12-18(33-20(24)14-28)15-30-22(4,5)6;1-21-7-14(29-16(19)9-21)12-28-31(26,23-5-3-22(4-6-23)18(25)13-32)24-8-15(11-27-2)30-17(20)10-24;1-5(10)15-4-8(13)14-9-6(11)2-3-7(9)12/h20-23H,8-18H2,1-7H3;17-20,25H,7-16H2,1-6H3;14-17,32H,3-13H2,1-2H3;2-4H2,1H3. The molecule has 10 aliphatic heterocycles. The lowest BCUT2D eigenvalue weighted by Gasteiger charge is -2.47. The van der Waals surface area contributed by atoms with Crippen molar-refractivity contribution >= 4 is 146 Å². The highest BCUT2D eigenvalue weighted by molar-refractivity contribution is 8.14. The van der Waals surface area contributed by atoms with Crippen LogP contribution in [-0.4, -0.2) is 468 Å². The Bertz CT molecular complexity index is 3480. The van der Waals surface area contributed by atoms with E-state index >= 15 is 0 Å². The van der Waals surface area contributed by atoms with E-state index in [4.69, 9.17) is 103 Å². The van der Waals surface area contributed by atoms with Crippen molar-refractivity contribution in [2.24, 2.45) is 0 Å². The average molecular weight is 1830 g/mol. The molecule has 10 heterocycles. The zero-order chi connectivity index (χ0) is 90.5. The van der Waals surface area contributed by atoms with Gasteiger partial charge < -0.3 is 81.1 Å². The summed E-state index contributed by atoms with van der Waals surface area (Å²) in [5.41, 5.74) is -0.816. The first kappa shape index (κ1) is 107. The van der Waals surface area contributed by atoms with Crippen molar-refractivity contribution in [1.82, 2.24) is 62.9 Å².